The fraction of sp³-hybridized carbons (Fsp3) is 0.526. The Morgan fingerprint density at radius 1 is 1.35 bits per heavy atom. The Hall–Kier alpha value is -2.57. The molecule has 0 unspecified atom stereocenters. The van der Waals surface area contributed by atoms with Crippen LogP contribution in [0.4, 0.5) is 0 Å². The van der Waals surface area contributed by atoms with Crippen molar-refractivity contribution in [3.05, 3.63) is 34.6 Å². The first-order chi connectivity index (χ1) is 12.3. The fourth-order valence-corrected chi connectivity index (χ4v) is 3.39. The van der Waals surface area contributed by atoms with Crippen molar-refractivity contribution in [1.82, 2.24) is 20.3 Å². The smallest absolute Gasteiger partial charge is 0.263 e. The van der Waals surface area contributed by atoms with Crippen LogP contribution >= 0.6 is 0 Å². The number of phenols is 1. The number of fused-ring (bicyclic) bond motifs is 1. The van der Waals surface area contributed by atoms with E-state index in [4.69, 9.17) is 4.74 Å². The van der Waals surface area contributed by atoms with Crippen LogP contribution < -0.4 is 10.1 Å². The van der Waals surface area contributed by atoms with Gasteiger partial charge in [-0.15, -0.1) is 5.10 Å². The normalized spacial score (nSPS) is 18.9. The summed E-state index contributed by atoms with van der Waals surface area (Å²) in [4.78, 5) is 12.7. The fourth-order valence-electron chi connectivity index (χ4n) is 3.39. The van der Waals surface area contributed by atoms with Crippen LogP contribution in [0.2, 0.25) is 0 Å². The summed E-state index contributed by atoms with van der Waals surface area (Å²) in [6, 6.07) is 0. The van der Waals surface area contributed by atoms with Crippen molar-refractivity contribution in [2.45, 2.75) is 59.1 Å². The summed E-state index contributed by atoms with van der Waals surface area (Å²) >= 11 is 0. The number of aromatic nitrogens is 3. The largest absolute Gasteiger partial charge is 0.507 e. The standard InChI is InChI=1S/C19H26N4O3/c1-12-13(2)17-15(14(3)16(12)24)6-7-19(4,26-17)18(25)20-8-5-10-23-11-9-21-22-23/h9,11,24H,5-8,10H2,1-4H3,(H,20,25)/t19-/m0/s1. The minimum Gasteiger partial charge on any atom is -0.507 e. The Morgan fingerprint density at radius 2 is 2.12 bits per heavy atom. The van der Waals surface area contributed by atoms with Crippen LogP contribution in [0, 0.1) is 20.8 Å². The summed E-state index contributed by atoms with van der Waals surface area (Å²) in [6.07, 6.45) is 5.49. The number of phenolic OH excluding ortho intramolecular Hbond substituents is 1. The molecule has 1 aliphatic heterocycles. The number of nitrogens with one attached hydrogen (secondary N) is 1. The molecular weight excluding hydrogens is 332 g/mol. The molecule has 0 bridgehead atoms. The molecule has 2 heterocycles. The van der Waals surface area contributed by atoms with Gasteiger partial charge in [0.15, 0.2) is 5.60 Å². The quantitative estimate of drug-likeness (QED) is 0.800. The van der Waals surface area contributed by atoms with Crippen molar-refractivity contribution in [3.63, 3.8) is 0 Å². The summed E-state index contributed by atoms with van der Waals surface area (Å²) < 4.78 is 7.92. The minimum atomic E-state index is -0.902. The van der Waals surface area contributed by atoms with Gasteiger partial charge in [0.25, 0.3) is 5.91 Å². The Bertz CT molecular complexity index is 817. The Morgan fingerprint density at radius 3 is 2.81 bits per heavy atom. The molecule has 1 aliphatic rings. The van der Waals surface area contributed by atoms with E-state index in [9.17, 15) is 9.90 Å². The SMILES string of the molecule is Cc1c(C)c2c(c(C)c1O)CC[C@@](C)(C(=O)NCCCn1ccnn1)O2. The van der Waals surface area contributed by atoms with Gasteiger partial charge in [0.05, 0.1) is 6.20 Å². The lowest BCUT2D eigenvalue weighted by atomic mass is 9.86. The maximum Gasteiger partial charge on any atom is 0.263 e. The van der Waals surface area contributed by atoms with Crippen molar-refractivity contribution in [1.29, 1.82) is 0 Å². The van der Waals surface area contributed by atoms with Gasteiger partial charge >= 0.3 is 0 Å². The third-order valence-electron chi connectivity index (χ3n) is 5.32. The molecule has 7 nitrogen and oxygen atoms in total. The molecule has 0 spiro atoms. The molecule has 1 aromatic heterocycles. The number of carbonyl (C=O) groups is 1. The van der Waals surface area contributed by atoms with Gasteiger partial charge in [0.1, 0.15) is 11.5 Å². The van der Waals surface area contributed by atoms with Crippen LogP contribution in [0.15, 0.2) is 12.4 Å². The zero-order valence-electron chi connectivity index (χ0n) is 15.8. The second-order valence-electron chi connectivity index (χ2n) is 7.14. The second-order valence-corrected chi connectivity index (χ2v) is 7.14. The van der Waals surface area contributed by atoms with Crippen molar-refractivity contribution >= 4 is 5.91 Å². The van der Waals surface area contributed by atoms with Crippen LogP contribution in [0.25, 0.3) is 0 Å². The van der Waals surface area contributed by atoms with Crippen LogP contribution in [-0.4, -0.2) is 38.2 Å². The highest BCUT2D eigenvalue weighted by Crippen LogP contribution is 2.43. The number of aromatic hydroxyl groups is 1. The number of ether oxygens (including phenoxy) is 1. The summed E-state index contributed by atoms with van der Waals surface area (Å²) in [5, 5.41) is 20.9. The van der Waals surface area contributed by atoms with E-state index in [1.807, 2.05) is 27.7 Å². The molecule has 3 rings (SSSR count). The summed E-state index contributed by atoms with van der Waals surface area (Å²) in [6.45, 7) is 8.79. The first-order valence-electron chi connectivity index (χ1n) is 8.96. The lowest BCUT2D eigenvalue weighted by Gasteiger charge is -2.36. The molecule has 1 atom stereocenters. The van der Waals surface area contributed by atoms with E-state index in [-0.39, 0.29) is 5.91 Å². The molecule has 2 aromatic rings. The molecule has 7 heteroatoms. The number of hydrogen-bond donors (Lipinski definition) is 2. The second kappa shape index (κ2) is 6.97. The maximum absolute atomic E-state index is 12.7. The number of rotatable bonds is 5. The average molecular weight is 358 g/mol. The van der Waals surface area contributed by atoms with Gasteiger partial charge < -0.3 is 15.2 Å². The van der Waals surface area contributed by atoms with Crippen molar-refractivity contribution < 1.29 is 14.6 Å². The number of aryl methyl sites for hydroxylation is 1. The molecule has 0 saturated heterocycles. The summed E-state index contributed by atoms with van der Waals surface area (Å²) in [5.41, 5.74) is 2.65. The van der Waals surface area contributed by atoms with Gasteiger partial charge in [-0.3, -0.25) is 9.48 Å². The van der Waals surface area contributed by atoms with Crippen molar-refractivity contribution in [2.75, 3.05) is 6.54 Å². The Kier molecular flexibility index (Phi) is 4.89. The number of hydrogen-bond acceptors (Lipinski definition) is 5. The summed E-state index contributed by atoms with van der Waals surface area (Å²) in [7, 11) is 0. The third-order valence-corrected chi connectivity index (χ3v) is 5.32. The molecule has 26 heavy (non-hydrogen) atoms. The Balaban J connectivity index is 1.67. The van der Waals surface area contributed by atoms with E-state index in [0.717, 1.165) is 34.4 Å². The average Bonchev–Trinajstić information content (AvgIpc) is 3.15. The van der Waals surface area contributed by atoms with Gasteiger partial charge in [-0.1, -0.05) is 5.21 Å². The maximum atomic E-state index is 12.7. The first kappa shape index (κ1) is 18.2. The van der Waals surface area contributed by atoms with Crippen LogP contribution in [0.1, 0.15) is 42.0 Å². The van der Waals surface area contributed by atoms with E-state index in [0.29, 0.717) is 31.7 Å². The number of nitrogens with zero attached hydrogens (tertiary/aromatic N) is 3. The van der Waals surface area contributed by atoms with Gasteiger partial charge in [0, 0.05) is 31.3 Å². The lowest BCUT2D eigenvalue weighted by Crippen LogP contribution is -2.51. The van der Waals surface area contributed by atoms with Gasteiger partial charge in [-0.2, -0.15) is 0 Å². The molecule has 0 fully saturated rings. The number of amides is 1. The summed E-state index contributed by atoms with van der Waals surface area (Å²) in [5.74, 6) is 0.958. The highest BCUT2D eigenvalue weighted by Gasteiger charge is 2.40. The van der Waals surface area contributed by atoms with E-state index >= 15 is 0 Å². The van der Waals surface area contributed by atoms with Gasteiger partial charge in [0.2, 0.25) is 0 Å². The van der Waals surface area contributed by atoms with Crippen LogP contribution in [0.5, 0.6) is 11.5 Å². The molecule has 140 valence electrons. The van der Waals surface area contributed by atoms with Crippen molar-refractivity contribution in [3.8, 4) is 11.5 Å². The topological polar surface area (TPSA) is 89.3 Å². The third kappa shape index (κ3) is 3.25. The van der Waals surface area contributed by atoms with Crippen LogP contribution in [0.3, 0.4) is 0 Å². The van der Waals surface area contributed by atoms with E-state index < -0.39 is 5.60 Å². The minimum absolute atomic E-state index is 0.107. The number of carbonyl (C=O) groups excluding carboxylic acids is 1. The molecule has 0 radical (unpaired) electrons. The van der Waals surface area contributed by atoms with Gasteiger partial charge in [-0.25, -0.2) is 0 Å². The molecule has 2 N–H and O–H groups in total. The lowest BCUT2D eigenvalue weighted by molar-refractivity contribution is -0.136. The monoisotopic (exact) mass is 358 g/mol. The van der Waals surface area contributed by atoms with Crippen LogP contribution in [-0.2, 0) is 17.8 Å². The van der Waals surface area contributed by atoms with E-state index in [1.54, 1.807) is 17.1 Å². The highest BCUT2D eigenvalue weighted by atomic mass is 16.5. The van der Waals surface area contributed by atoms with E-state index in [1.165, 1.54) is 0 Å². The molecule has 0 saturated carbocycles. The highest BCUT2D eigenvalue weighted by molar-refractivity contribution is 5.85. The predicted molar refractivity (Wildman–Crippen MR) is 97.3 cm³/mol. The molecular formula is C19H26N4O3. The Labute approximate surface area is 153 Å². The zero-order valence-corrected chi connectivity index (χ0v) is 15.8. The van der Waals surface area contributed by atoms with Gasteiger partial charge in [-0.05, 0) is 57.2 Å². The predicted octanol–water partition coefficient (Wildman–Crippen LogP) is 2.20. The molecule has 1 aromatic carbocycles. The molecule has 0 aliphatic carbocycles. The molecule has 1 amide bonds. The van der Waals surface area contributed by atoms with Crippen molar-refractivity contribution in [2.24, 2.45) is 0 Å². The van der Waals surface area contributed by atoms with E-state index in [2.05, 4.69) is 15.6 Å². The first-order valence-corrected chi connectivity index (χ1v) is 8.96. The zero-order chi connectivity index (χ0) is 18.9. The number of benzene rings is 1.